The van der Waals surface area contributed by atoms with E-state index < -0.39 is 16.1 Å². The second-order valence-corrected chi connectivity index (χ2v) is 7.54. The first kappa shape index (κ1) is 16.1. The van der Waals surface area contributed by atoms with Crippen LogP contribution in [0, 0.1) is 0 Å². The van der Waals surface area contributed by atoms with Gasteiger partial charge in [0, 0.05) is 11.1 Å². The molecule has 7 heteroatoms. The molecule has 1 aliphatic rings. The Morgan fingerprint density at radius 3 is 2.62 bits per heavy atom. The molecule has 1 aromatic carbocycles. The lowest BCUT2D eigenvalue weighted by atomic mass is 10.2. The fraction of sp³-hybridized carbons (Fsp3) is 0.500. The van der Waals surface area contributed by atoms with Crippen LogP contribution in [-0.2, 0) is 14.8 Å². The van der Waals surface area contributed by atoms with Crippen LogP contribution in [0.5, 0.6) is 0 Å². The van der Waals surface area contributed by atoms with Gasteiger partial charge < -0.3 is 5.32 Å². The molecule has 1 N–H and O–H groups in total. The molecule has 1 saturated carbocycles. The third-order valence-electron chi connectivity index (χ3n) is 3.32. The molecule has 21 heavy (non-hydrogen) atoms. The molecular weight excluding hydrogens is 312 g/mol. The summed E-state index contributed by atoms with van der Waals surface area (Å²) in [6.07, 6.45) is 3.40. The highest BCUT2D eigenvalue weighted by molar-refractivity contribution is 7.92. The number of nitrogens with one attached hydrogen (secondary N) is 1. The molecule has 2 rings (SSSR count). The van der Waals surface area contributed by atoms with Gasteiger partial charge in [0.25, 0.3) is 0 Å². The molecule has 1 aromatic rings. The number of hydrogen-bond acceptors (Lipinski definition) is 3. The molecule has 5 nitrogen and oxygen atoms in total. The zero-order valence-electron chi connectivity index (χ0n) is 12.0. The molecule has 1 fully saturated rings. The summed E-state index contributed by atoms with van der Waals surface area (Å²) in [5.74, 6) is -0.259. The van der Waals surface area contributed by atoms with Crippen molar-refractivity contribution in [3.8, 4) is 0 Å². The van der Waals surface area contributed by atoms with Crippen molar-refractivity contribution in [2.75, 3.05) is 10.6 Å². The van der Waals surface area contributed by atoms with Crippen LogP contribution in [0.4, 0.5) is 5.69 Å². The molecule has 116 valence electrons. The van der Waals surface area contributed by atoms with Crippen molar-refractivity contribution in [2.24, 2.45) is 0 Å². The summed E-state index contributed by atoms with van der Waals surface area (Å²) < 4.78 is 25.5. The predicted octanol–water partition coefficient (Wildman–Crippen LogP) is 2.16. The lowest BCUT2D eigenvalue weighted by Crippen LogP contribution is -2.49. The first-order valence-electron chi connectivity index (χ1n) is 6.88. The van der Waals surface area contributed by atoms with Crippen LogP contribution in [0.3, 0.4) is 0 Å². The van der Waals surface area contributed by atoms with Gasteiger partial charge in [0.15, 0.2) is 0 Å². The Bertz CT molecular complexity index is 629. The maximum Gasteiger partial charge on any atom is 0.244 e. The fourth-order valence-electron chi connectivity index (χ4n) is 2.20. The zero-order chi connectivity index (χ0) is 15.6. The van der Waals surface area contributed by atoms with E-state index in [2.05, 4.69) is 5.32 Å². The number of nitrogens with zero attached hydrogens (tertiary/aromatic N) is 1. The summed E-state index contributed by atoms with van der Waals surface area (Å²) in [6, 6.07) is 5.94. The zero-order valence-corrected chi connectivity index (χ0v) is 13.6. The Morgan fingerprint density at radius 1 is 1.48 bits per heavy atom. The molecule has 0 bridgehead atoms. The Labute approximate surface area is 130 Å². The standard InChI is InChI=1S/C14H19ClN2O3S/c1-3-13(14(18)16-11-7-8-11)17(21(2,19)20)12-6-4-5-10(15)9-12/h4-6,9,11,13H,3,7-8H2,1-2H3,(H,16,18)/t13-/m1/s1. The van der Waals surface area contributed by atoms with Gasteiger partial charge in [-0.1, -0.05) is 24.6 Å². The largest absolute Gasteiger partial charge is 0.352 e. The molecule has 0 spiro atoms. The molecule has 0 aromatic heterocycles. The monoisotopic (exact) mass is 330 g/mol. The number of anilines is 1. The van der Waals surface area contributed by atoms with Gasteiger partial charge >= 0.3 is 0 Å². The molecule has 0 aliphatic heterocycles. The number of amides is 1. The molecule has 0 radical (unpaired) electrons. The summed E-state index contributed by atoms with van der Waals surface area (Å²) in [5.41, 5.74) is 0.405. The minimum atomic E-state index is -3.59. The Kier molecular flexibility index (Phi) is 4.78. The maximum atomic E-state index is 12.3. The summed E-state index contributed by atoms with van der Waals surface area (Å²) in [6.45, 7) is 1.79. The van der Waals surface area contributed by atoms with Crippen LogP contribution in [0.15, 0.2) is 24.3 Å². The Balaban J connectivity index is 2.35. The average Bonchev–Trinajstić information content (AvgIpc) is 3.17. The van der Waals surface area contributed by atoms with E-state index in [1.54, 1.807) is 31.2 Å². The molecule has 1 aliphatic carbocycles. The van der Waals surface area contributed by atoms with Gasteiger partial charge in [-0.3, -0.25) is 9.10 Å². The van der Waals surface area contributed by atoms with E-state index in [1.807, 2.05) is 0 Å². The lowest BCUT2D eigenvalue weighted by Gasteiger charge is -2.30. The van der Waals surface area contributed by atoms with Gasteiger partial charge in [0.2, 0.25) is 15.9 Å². The van der Waals surface area contributed by atoms with Crippen LogP contribution in [0.2, 0.25) is 5.02 Å². The predicted molar refractivity (Wildman–Crippen MR) is 84.0 cm³/mol. The number of sulfonamides is 1. The van der Waals surface area contributed by atoms with E-state index in [1.165, 1.54) is 0 Å². The number of benzene rings is 1. The summed E-state index contributed by atoms with van der Waals surface area (Å²) in [4.78, 5) is 12.3. The number of rotatable bonds is 6. The van der Waals surface area contributed by atoms with Crippen molar-refractivity contribution in [1.29, 1.82) is 0 Å². The minimum Gasteiger partial charge on any atom is -0.352 e. The van der Waals surface area contributed by atoms with Gasteiger partial charge in [-0.05, 0) is 37.5 Å². The lowest BCUT2D eigenvalue weighted by molar-refractivity contribution is -0.122. The fourth-order valence-corrected chi connectivity index (χ4v) is 3.59. The van der Waals surface area contributed by atoms with Gasteiger partial charge in [-0.25, -0.2) is 8.42 Å². The van der Waals surface area contributed by atoms with Crippen molar-refractivity contribution in [3.63, 3.8) is 0 Å². The number of hydrogen-bond donors (Lipinski definition) is 1. The maximum absolute atomic E-state index is 12.3. The summed E-state index contributed by atoms with van der Waals surface area (Å²) in [7, 11) is -3.59. The van der Waals surface area contributed by atoms with Crippen molar-refractivity contribution in [3.05, 3.63) is 29.3 Å². The van der Waals surface area contributed by atoms with Crippen LogP contribution < -0.4 is 9.62 Å². The number of halogens is 1. The minimum absolute atomic E-state index is 0.187. The summed E-state index contributed by atoms with van der Waals surface area (Å²) >= 11 is 5.94. The van der Waals surface area contributed by atoms with Crippen LogP contribution >= 0.6 is 11.6 Å². The Hall–Kier alpha value is -1.27. The van der Waals surface area contributed by atoms with Crippen LogP contribution in [0.25, 0.3) is 0 Å². The molecule has 1 atom stereocenters. The van der Waals surface area contributed by atoms with E-state index in [-0.39, 0.29) is 11.9 Å². The SMILES string of the molecule is CC[C@H](C(=O)NC1CC1)N(c1cccc(Cl)c1)S(C)(=O)=O. The quantitative estimate of drug-likeness (QED) is 0.869. The molecule has 0 heterocycles. The average molecular weight is 331 g/mol. The topological polar surface area (TPSA) is 66.5 Å². The van der Waals surface area contributed by atoms with Gasteiger partial charge in [0.1, 0.15) is 6.04 Å². The van der Waals surface area contributed by atoms with E-state index >= 15 is 0 Å². The second-order valence-electron chi connectivity index (χ2n) is 5.25. The summed E-state index contributed by atoms with van der Waals surface area (Å²) in [5, 5.41) is 3.29. The third kappa shape index (κ3) is 4.11. The van der Waals surface area contributed by atoms with Crippen molar-refractivity contribution in [2.45, 2.75) is 38.3 Å². The van der Waals surface area contributed by atoms with Crippen LogP contribution in [0.1, 0.15) is 26.2 Å². The molecule has 1 amide bonds. The Morgan fingerprint density at radius 2 is 2.14 bits per heavy atom. The molecule has 0 saturated heterocycles. The highest BCUT2D eigenvalue weighted by Crippen LogP contribution is 2.26. The number of carbonyl (C=O) groups is 1. The van der Waals surface area contributed by atoms with Gasteiger partial charge in [-0.2, -0.15) is 0 Å². The van der Waals surface area contributed by atoms with E-state index in [4.69, 9.17) is 11.6 Å². The van der Waals surface area contributed by atoms with E-state index in [0.717, 1.165) is 23.4 Å². The van der Waals surface area contributed by atoms with E-state index in [0.29, 0.717) is 17.1 Å². The number of carbonyl (C=O) groups excluding carboxylic acids is 1. The second kappa shape index (κ2) is 6.23. The first-order chi connectivity index (χ1) is 9.82. The first-order valence-corrected chi connectivity index (χ1v) is 9.11. The van der Waals surface area contributed by atoms with Crippen molar-refractivity contribution in [1.82, 2.24) is 5.32 Å². The molecular formula is C14H19ClN2O3S. The smallest absolute Gasteiger partial charge is 0.244 e. The highest BCUT2D eigenvalue weighted by Gasteiger charge is 2.34. The van der Waals surface area contributed by atoms with Gasteiger partial charge in [-0.15, -0.1) is 0 Å². The normalized spacial score (nSPS) is 16.3. The van der Waals surface area contributed by atoms with Gasteiger partial charge in [0.05, 0.1) is 11.9 Å². The highest BCUT2D eigenvalue weighted by atomic mass is 35.5. The molecule has 0 unspecified atom stereocenters. The van der Waals surface area contributed by atoms with Crippen LogP contribution in [-0.4, -0.2) is 32.7 Å². The van der Waals surface area contributed by atoms with Crippen molar-refractivity contribution < 1.29 is 13.2 Å². The third-order valence-corrected chi connectivity index (χ3v) is 4.73. The van der Waals surface area contributed by atoms with Crippen molar-refractivity contribution >= 4 is 33.2 Å². The van der Waals surface area contributed by atoms with E-state index in [9.17, 15) is 13.2 Å².